The number of nitrogens with one attached hydrogen (secondary N) is 1. The van der Waals surface area contributed by atoms with Gasteiger partial charge in [0.05, 0.1) is 5.02 Å². The predicted octanol–water partition coefficient (Wildman–Crippen LogP) is 4.39. The number of likely N-dealkylation sites (tertiary alicyclic amines) is 1. The van der Waals surface area contributed by atoms with Gasteiger partial charge in [-0.15, -0.1) is 0 Å². The van der Waals surface area contributed by atoms with Crippen molar-refractivity contribution < 1.29 is 14.3 Å². The highest BCUT2D eigenvalue weighted by Crippen LogP contribution is 2.30. The first-order valence-corrected chi connectivity index (χ1v) is 9.52. The zero-order chi connectivity index (χ0) is 18.1. The third-order valence-electron chi connectivity index (χ3n) is 4.40. The lowest BCUT2D eigenvalue weighted by Crippen LogP contribution is -2.42. The molecule has 0 bridgehead atoms. The van der Waals surface area contributed by atoms with Crippen LogP contribution in [0.2, 0.25) is 5.02 Å². The van der Waals surface area contributed by atoms with E-state index in [-0.39, 0.29) is 17.5 Å². The first-order valence-electron chi connectivity index (χ1n) is 8.35. The number of carbonyl (C=O) groups is 2. The smallest absolute Gasteiger partial charge is 0.357 e. The first kappa shape index (κ1) is 18.3. The lowest BCUT2D eigenvalue weighted by atomic mass is 10.1. The summed E-state index contributed by atoms with van der Waals surface area (Å²) in [6.45, 7) is 5.19. The average Bonchev–Trinajstić information content (AvgIpc) is 3.20. The number of amides is 1. The summed E-state index contributed by atoms with van der Waals surface area (Å²) < 4.78 is 6.42. The number of H-pyrrole nitrogens is 1. The van der Waals surface area contributed by atoms with E-state index in [9.17, 15) is 9.59 Å². The Balaban J connectivity index is 1.84. The Kier molecular flexibility index (Phi) is 5.39. The van der Waals surface area contributed by atoms with Gasteiger partial charge in [-0.25, -0.2) is 4.79 Å². The summed E-state index contributed by atoms with van der Waals surface area (Å²) in [4.78, 5) is 30.0. The van der Waals surface area contributed by atoms with Gasteiger partial charge in [-0.1, -0.05) is 41.4 Å². The van der Waals surface area contributed by atoms with Crippen LogP contribution in [0, 0.1) is 5.92 Å². The van der Waals surface area contributed by atoms with Crippen molar-refractivity contribution in [3.63, 3.8) is 0 Å². The maximum absolute atomic E-state index is 12.7. The van der Waals surface area contributed by atoms with Gasteiger partial charge in [-0.05, 0) is 37.0 Å². The number of fused-ring (bicyclic) bond motifs is 1. The molecule has 1 atom stereocenters. The SMILES string of the molecule is CC(C)[C@@H](OC(=O)c1[nH]c2ccc(Br)cc2c1Cl)C(=O)N1CCCC1. The maximum Gasteiger partial charge on any atom is 0.357 e. The number of aromatic nitrogens is 1. The minimum atomic E-state index is -0.806. The van der Waals surface area contributed by atoms with Crippen LogP contribution in [0.5, 0.6) is 0 Å². The fourth-order valence-electron chi connectivity index (χ4n) is 3.04. The topological polar surface area (TPSA) is 62.4 Å². The van der Waals surface area contributed by atoms with Gasteiger partial charge in [-0.2, -0.15) is 0 Å². The van der Waals surface area contributed by atoms with E-state index in [1.165, 1.54) is 0 Å². The van der Waals surface area contributed by atoms with E-state index >= 15 is 0 Å². The molecule has 0 saturated carbocycles. The van der Waals surface area contributed by atoms with Crippen molar-refractivity contribution in [2.45, 2.75) is 32.8 Å². The Labute approximate surface area is 159 Å². The summed E-state index contributed by atoms with van der Waals surface area (Å²) in [5.74, 6) is -0.853. The summed E-state index contributed by atoms with van der Waals surface area (Å²) in [5, 5.41) is 1.03. The van der Waals surface area contributed by atoms with Crippen LogP contribution in [-0.2, 0) is 9.53 Å². The molecular weight excluding hydrogens is 408 g/mol. The van der Waals surface area contributed by atoms with E-state index in [2.05, 4.69) is 20.9 Å². The number of esters is 1. The summed E-state index contributed by atoms with van der Waals surface area (Å²) in [7, 11) is 0. The van der Waals surface area contributed by atoms with Crippen LogP contribution in [0.15, 0.2) is 22.7 Å². The molecule has 7 heteroatoms. The van der Waals surface area contributed by atoms with Crippen LogP contribution in [0.1, 0.15) is 37.2 Å². The van der Waals surface area contributed by atoms with Crippen LogP contribution < -0.4 is 0 Å². The predicted molar refractivity (Wildman–Crippen MR) is 101 cm³/mol. The van der Waals surface area contributed by atoms with Crippen molar-refractivity contribution in [1.82, 2.24) is 9.88 Å². The molecule has 2 heterocycles. The standard InChI is InChI=1S/C18H20BrClN2O3/c1-10(2)16(17(23)22-7-3-4-8-22)25-18(24)15-14(20)12-9-11(19)5-6-13(12)21-15/h5-6,9-10,16,21H,3-4,7-8H2,1-2H3/t16-/m1/s1. The number of halogens is 2. The number of aromatic amines is 1. The molecule has 1 aliphatic rings. The molecule has 25 heavy (non-hydrogen) atoms. The van der Waals surface area contributed by atoms with Gasteiger partial charge >= 0.3 is 5.97 Å². The molecule has 0 unspecified atom stereocenters. The summed E-state index contributed by atoms with van der Waals surface area (Å²) >= 11 is 9.74. The Bertz CT molecular complexity index is 812. The van der Waals surface area contributed by atoms with Crippen LogP contribution >= 0.6 is 27.5 Å². The van der Waals surface area contributed by atoms with Crippen LogP contribution in [0.25, 0.3) is 10.9 Å². The van der Waals surface area contributed by atoms with Gasteiger partial charge in [0, 0.05) is 28.5 Å². The van der Waals surface area contributed by atoms with Crippen molar-refractivity contribution in [3.05, 3.63) is 33.4 Å². The van der Waals surface area contributed by atoms with E-state index in [0.29, 0.717) is 5.02 Å². The first-order chi connectivity index (χ1) is 11.9. The van der Waals surface area contributed by atoms with Crippen LogP contribution in [0.3, 0.4) is 0 Å². The van der Waals surface area contributed by atoms with Gasteiger partial charge in [0.1, 0.15) is 5.69 Å². The Hall–Kier alpha value is -1.53. The molecule has 1 N–H and O–H groups in total. The highest BCUT2D eigenvalue weighted by Gasteiger charge is 2.33. The van der Waals surface area contributed by atoms with Crippen molar-refractivity contribution >= 4 is 50.3 Å². The second-order valence-corrected chi connectivity index (χ2v) is 7.90. The van der Waals surface area contributed by atoms with Crippen molar-refractivity contribution in [2.75, 3.05) is 13.1 Å². The molecule has 134 valence electrons. The zero-order valence-electron chi connectivity index (χ0n) is 14.1. The van der Waals surface area contributed by atoms with Crippen molar-refractivity contribution in [1.29, 1.82) is 0 Å². The van der Waals surface area contributed by atoms with Crippen molar-refractivity contribution in [3.8, 4) is 0 Å². The normalized spacial score (nSPS) is 15.8. The largest absolute Gasteiger partial charge is 0.447 e. The molecule has 3 rings (SSSR count). The van der Waals surface area contributed by atoms with E-state index in [4.69, 9.17) is 16.3 Å². The van der Waals surface area contributed by atoms with Gasteiger partial charge < -0.3 is 14.6 Å². The number of hydrogen-bond acceptors (Lipinski definition) is 3. The quantitative estimate of drug-likeness (QED) is 0.736. The number of benzene rings is 1. The van der Waals surface area contributed by atoms with E-state index < -0.39 is 12.1 Å². The fraction of sp³-hybridized carbons (Fsp3) is 0.444. The Morgan fingerprint density at radius 2 is 1.96 bits per heavy atom. The van der Waals surface area contributed by atoms with Gasteiger partial charge in [0.25, 0.3) is 5.91 Å². The highest BCUT2D eigenvalue weighted by atomic mass is 79.9. The molecular formula is C18H20BrClN2O3. The molecule has 0 spiro atoms. The summed E-state index contributed by atoms with van der Waals surface area (Å²) in [5.41, 5.74) is 0.918. The molecule has 1 aromatic carbocycles. The molecule has 0 radical (unpaired) electrons. The second kappa shape index (κ2) is 7.38. The van der Waals surface area contributed by atoms with Crippen LogP contribution in [0.4, 0.5) is 0 Å². The average molecular weight is 428 g/mol. The van der Waals surface area contributed by atoms with Gasteiger partial charge in [0.2, 0.25) is 0 Å². The molecule has 2 aromatic rings. The molecule has 1 saturated heterocycles. The molecule has 0 aliphatic carbocycles. The fourth-order valence-corrected chi connectivity index (χ4v) is 3.68. The van der Waals surface area contributed by atoms with Gasteiger partial charge in [-0.3, -0.25) is 4.79 Å². The number of ether oxygens (including phenoxy) is 1. The second-order valence-electron chi connectivity index (χ2n) is 6.61. The molecule has 1 aliphatic heterocycles. The summed E-state index contributed by atoms with van der Waals surface area (Å²) in [6, 6.07) is 5.52. The third-order valence-corrected chi connectivity index (χ3v) is 5.29. The van der Waals surface area contributed by atoms with Crippen molar-refractivity contribution in [2.24, 2.45) is 5.92 Å². The number of carbonyl (C=O) groups excluding carboxylic acids is 2. The highest BCUT2D eigenvalue weighted by molar-refractivity contribution is 9.10. The minimum Gasteiger partial charge on any atom is -0.447 e. The Morgan fingerprint density at radius 1 is 1.28 bits per heavy atom. The third kappa shape index (κ3) is 3.70. The van der Waals surface area contributed by atoms with Gasteiger partial charge in [0.15, 0.2) is 6.10 Å². The minimum absolute atomic E-state index is 0.116. The monoisotopic (exact) mass is 426 g/mol. The van der Waals surface area contributed by atoms with E-state index in [1.54, 1.807) is 4.90 Å². The number of nitrogens with zero attached hydrogens (tertiary/aromatic N) is 1. The number of rotatable bonds is 4. The number of hydrogen-bond donors (Lipinski definition) is 1. The lowest BCUT2D eigenvalue weighted by molar-refractivity contribution is -0.141. The lowest BCUT2D eigenvalue weighted by Gasteiger charge is -2.25. The molecule has 5 nitrogen and oxygen atoms in total. The molecule has 1 amide bonds. The van der Waals surface area contributed by atoms with E-state index in [0.717, 1.165) is 41.3 Å². The molecule has 1 fully saturated rings. The zero-order valence-corrected chi connectivity index (χ0v) is 16.5. The summed E-state index contributed by atoms with van der Waals surface area (Å²) in [6.07, 6.45) is 1.18. The van der Waals surface area contributed by atoms with Crippen LogP contribution in [-0.4, -0.2) is 41.0 Å². The Morgan fingerprint density at radius 3 is 2.60 bits per heavy atom. The molecule has 1 aromatic heterocycles. The maximum atomic E-state index is 12.7. The van der Waals surface area contributed by atoms with E-state index in [1.807, 2.05) is 32.0 Å².